The molecular formula is C29H22N2. The number of nitrogens with zero attached hydrogens (tertiary/aromatic N) is 2. The van der Waals surface area contributed by atoms with E-state index in [9.17, 15) is 10.5 Å². The van der Waals surface area contributed by atoms with Crippen LogP contribution in [0.2, 0.25) is 0 Å². The van der Waals surface area contributed by atoms with Gasteiger partial charge in [-0.2, -0.15) is 10.5 Å². The predicted octanol–water partition coefficient (Wildman–Crippen LogP) is 7.40. The Hall–Kier alpha value is -3.88. The van der Waals surface area contributed by atoms with Crippen LogP contribution in [0.4, 0.5) is 0 Å². The van der Waals surface area contributed by atoms with E-state index >= 15 is 0 Å². The molecule has 0 fully saturated rings. The number of hydrogen-bond acceptors (Lipinski definition) is 2. The van der Waals surface area contributed by atoms with Gasteiger partial charge in [-0.15, -0.1) is 0 Å². The van der Waals surface area contributed by atoms with Gasteiger partial charge < -0.3 is 0 Å². The van der Waals surface area contributed by atoms with Gasteiger partial charge in [0.25, 0.3) is 0 Å². The molecule has 148 valence electrons. The molecule has 1 unspecified atom stereocenters. The second-order valence-corrected chi connectivity index (χ2v) is 8.64. The van der Waals surface area contributed by atoms with Crippen LogP contribution in [0.25, 0.3) is 32.3 Å². The molecule has 2 heteroatoms. The molecule has 0 aliphatic rings. The van der Waals surface area contributed by atoms with E-state index in [-0.39, 0.29) is 5.92 Å². The SMILES string of the molecule is Cc1ccc(C(C)c2cc3ccc4cc(C)c(C#N)c5ccc(c2C#N)c3c45)c(C)c1. The van der Waals surface area contributed by atoms with E-state index in [0.717, 1.165) is 49.0 Å². The summed E-state index contributed by atoms with van der Waals surface area (Å²) in [4.78, 5) is 0. The molecule has 2 nitrogen and oxygen atoms in total. The van der Waals surface area contributed by atoms with Gasteiger partial charge in [-0.05, 0) is 70.6 Å². The van der Waals surface area contributed by atoms with Crippen molar-refractivity contribution in [1.82, 2.24) is 0 Å². The van der Waals surface area contributed by atoms with Crippen molar-refractivity contribution in [3.8, 4) is 12.1 Å². The minimum atomic E-state index is 0.106. The van der Waals surface area contributed by atoms with Crippen molar-refractivity contribution in [2.24, 2.45) is 0 Å². The molecule has 31 heavy (non-hydrogen) atoms. The van der Waals surface area contributed by atoms with Crippen molar-refractivity contribution in [3.63, 3.8) is 0 Å². The van der Waals surface area contributed by atoms with Crippen molar-refractivity contribution >= 4 is 32.3 Å². The van der Waals surface area contributed by atoms with Crippen LogP contribution >= 0.6 is 0 Å². The molecule has 0 amide bonds. The zero-order chi connectivity index (χ0) is 21.9. The van der Waals surface area contributed by atoms with E-state index in [1.807, 2.05) is 19.1 Å². The van der Waals surface area contributed by atoms with Crippen molar-refractivity contribution < 1.29 is 0 Å². The molecule has 0 aliphatic heterocycles. The van der Waals surface area contributed by atoms with Gasteiger partial charge in [-0.1, -0.05) is 61.0 Å². The van der Waals surface area contributed by atoms with E-state index < -0.39 is 0 Å². The van der Waals surface area contributed by atoms with Gasteiger partial charge in [0.15, 0.2) is 0 Å². The van der Waals surface area contributed by atoms with E-state index in [4.69, 9.17) is 0 Å². The number of rotatable bonds is 2. The summed E-state index contributed by atoms with van der Waals surface area (Å²) in [5, 5.41) is 26.3. The lowest BCUT2D eigenvalue weighted by atomic mass is 9.82. The number of benzene rings is 5. The molecule has 1 atom stereocenters. The smallest absolute Gasteiger partial charge is 0.100 e. The molecular weight excluding hydrogens is 376 g/mol. The van der Waals surface area contributed by atoms with Crippen LogP contribution in [-0.4, -0.2) is 0 Å². The fourth-order valence-electron chi connectivity index (χ4n) is 5.21. The van der Waals surface area contributed by atoms with E-state index in [1.54, 1.807) is 0 Å². The Balaban J connectivity index is 1.88. The molecule has 0 saturated heterocycles. The summed E-state index contributed by atoms with van der Waals surface area (Å²) in [6.07, 6.45) is 0. The highest BCUT2D eigenvalue weighted by atomic mass is 14.3. The Labute approximate surface area is 182 Å². The largest absolute Gasteiger partial charge is 0.192 e. The molecule has 0 bridgehead atoms. The fourth-order valence-corrected chi connectivity index (χ4v) is 5.21. The van der Waals surface area contributed by atoms with Gasteiger partial charge in [-0.25, -0.2) is 0 Å². The second-order valence-electron chi connectivity index (χ2n) is 8.64. The van der Waals surface area contributed by atoms with Crippen LogP contribution in [0.15, 0.2) is 54.6 Å². The van der Waals surface area contributed by atoms with Crippen LogP contribution in [0.3, 0.4) is 0 Å². The van der Waals surface area contributed by atoms with E-state index in [1.165, 1.54) is 16.7 Å². The van der Waals surface area contributed by atoms with Crippen molar-refractivity contribution in [2.45, 2.75) is 33.6 Å². The van der Waals surface area contributed by atoms with Gasteiger partial charge in [0.1, 0.15) is 12.1 Å². The second kappa shape index (κ2) is 6.83. The highest BCUT2D eigenvalue weighted by Crippen LogP contribution is 2.41. The number of hydrogen-bond donors (Lipinski definition) is 0. The Morgan fingerprint density at radius 3 is 1.87 bits per heavy atom. The lowest BCUT2D eigenvalue weighted by molar-refractivity contribution is 0.908. The molecule has 5 aromatic carbocycles. The maximum Gasteiger partial charge on any atom is 0.100 e. The molecule has 0 N–H and O–H groups in total. The molecule has 0 saturated carbocycles. The summed E-state index contributed by atoms with van der Waals surface area (Å²) in [5.74, 6) is 0.106. The molecule has 5 aromatic rings. The maximum atomic E-state index is 10.2. The molecule has 0 aliphatic carbocycles. The first-order chi connectivity index (χ1) is 14.9. The number of nitriles is 2. The fraction of sp³-hybridized carbons (Fsp3) is 0.172. The molecule has 0 radical (unpaired) electrons. The van der Waals surface area contributed by atoms with Gasteiger partial charge in [0, 0.05) is 16.7 Å². The summed E-state index contributed by atoms with van der Waals surface area (Å²) in [6.45, 7) is 8.41. The van der Waals surface area contributed by atoms with Gasteiger partial charge in [0.2, 0.25) is 0 Å². The standard InChI is InChI=1S/C29H22N2/c1-16-5-8-22(17(2)11-16)19(4)25-13-21-7-6-20-12-18(3)26(14-30)23-9-10-24(27(25)15-31)29(21)28(20)23/h5-13,19H,1-4H3. The summed E-state index contributed by atoms with van der Waals surface area (Å²) >= 11 is 0. The molecule has 5 rings (SSSR count). The maximum absolute atomic E-state index is 10.2. The zero-order valence-corrected chi connectivity index (χ0v) is 18.2. The summed E-state index contributed by atoms with van der Waals surface area (Å²) in [6, 6.07) is 24.0. The quantitative estimate of drug-likeness (QED) is 0.291. The highest BCUT2D eigenvalue weighted by molar-refractivity contribution is 6.25. The predicted molar refractivity (Wildman–Crippen MR) is 128 cm³/mol. The van der Waals surface area contributed by atoms with E-state index in [0.29, 0.717) is 5.56 Å². The van der Waals surface area contributed by atoms with E-state index in [2.05, 4.69) is 75.4 Å². The van der Waals surface area contributed by atoms with Crippen LogP contribution < -0.4 is 0 Å². The van der Waals surface area contributed by atoms with Gasteiger partial charge in [0.05, 0.1) is 11.1 Å². The van der Waals surface area contributed by atoms with Crippen molar-refractivity contribution in [3.05, 3.63) is 93.5 Å². The Kier molecular flexibility index (Phi) is 4.21. The molecule has 0 aromatic heterocycles. The highest BCUT2D eigenvalue weighted by Gasteiger charge is 2.21. The van der Waals surface area contributed by atoms with Crippen molar-refractivity contribution in [1.29, 1.82) is 10.5 Å². The monoisotopic (exact) mass is 398 g/mol. The van der Waals surface area contributed by atoms with Gasteiger partial charge in [-0.3, -0.25) is 0 Å². The lowest BCUT2D eigenvalue weighted by Gasteiger charge is -2.21. The minimum Gasteiger partial charge on any atom is -0.192 e. The Morgan fingerprint density at radius 1 is 0.645 bits per heavy atom. The third kappa shape index (κ3) is 2.69. The van der Waals surface area contributed by atoms with Crippen LogP contribution in [0.1, 0.15) is 51.8 Å². The van der Waals surface area contributed by atoms with Crippen LogP contribution in [0.5, 0.6) is 0 Å². The third-order valence-corrected chi connectivity index (χ3v) is 6.71. The first-order valence-electron chi connectivity index (χ1n) is 10.6. The average Bonchev–Trinajstić information content (AvgIpc) is 2.76. The van der Waals surface area contributed by atoms with Gasteiger partial charge >= 0.3 is 0 Å². The van der Waals surface area contributed by atoms with Crippen LogP contribution in [0, 0.1) is 43.4 Å². The third-order valence-electron chi connectivity index (χ3n) is 6.71. The first kappa shape index (κ1) is 19.1. The summed E-state index contributed by atoms with van der Waals surface area (Å²) < 4.78 is 0. The number of aryl methyl sites for hydroxylation is 3. The normalized spacial score (nSPS) is 12.3. The zero-order valence-electron chi connectivity index (χ0n) is 18.2. The average molecular weight is 399 g/mol. The molecule has 0 spiro atoms. The Bertz CT molecular complexity index is 1590. The van der Waals surface area contributed by atoms with Crippen molar-refractivity contribution in [2.75, 3.05) is 0 Å². The molecule has 0 heterocycles. The Morgan fingerprint density at radius 2 is 1.26 bits per heavy atom. The lowest BCUT2D eigenvalue weighted by Crippen LogP contribution is -2.03. The van der Waals surface area contributed by atoms with Crippen LogP contribution in [-0.2, 0) is 0 Å². The summed E-state index contributed by atoms with van der Waals surface area (Å²) in [7, 11) is 0. The first-order valence-corrected chi connectivity index (χ1v) is 10.6. The topological polar surface area (TPSA) is 47.6 Å². The summed E-state index contributed by atoms with van der Waals surface area (Å²) in [5.41, 5.74) is 7.22. The minimum absolute atomic E-state index is 0.106.